The van der Waals surface area contributed by atoms with Crippen molar-refractivity contribution in [3.05, 3.63) is 260 Å². The normalized spacial score (nSPS) is 11.6. The highest BCUT2D eigenvalue weighted by molar-refractivity contribution is 9.10. The van der Waals surface area contributed by atoms with Gasteiger partial charge in [0.25, 0.3) is 5.91 Å². The molecule has 79 heavy (non-hydrogen) atoms. The van der Waals surface area contributed by atoms with Crippen molar-refractivity contribution in [1.29, 1.82) is 0 Å². The molecule has 400 valence electrons. The molecule has 0 bridgehead atoms. The summed E-state index contributed by atoms with van der Waals surface area (Å²) < 4.78 is 16.7. The molecule has 0 aliphatic rings. The number of aromatic nitrogens is 2. The third-order valence-electron chi connectivity index (χ3n) is 13.3. The zero-order valence-corrected chi connectivity index (χ0v) is 47.4. The van der Waals surface area contributed by atoms with Crippen LogP contribution in [0.25, 0.3) is 44.1 Å². The number of carbonyl (C=O) groups is 4. The Labute approximate surface area is 476 Å². The van der Waals surface area contributed by atoms with E-state index in [1.807, 2.05) is 178 Å². The summed E-state index contributed by atoms with van der Waals surface area (Å²) in [5, 5.41) is 14.2. The summed E-state index contributed by atoms with van der Waals surface area (Å²) in [5.41, 5.74) is 18.1. The van der Waals surface area contributed by atoms with Gasteiger partial charge in [-0.05, 0) is 169 Å². The van der Waals surface area contributed by atoms with Crippen LogP contribution >= 0.6 is 31.9 Å². The maximum absolute atomic E-state index is 13.0. The Balaban J connectivity index is 0.000000181. The molecule has 2 heterocycles. The van der Waals surface area contributed by atoms with Crippen LogP contribution in [0, 0.1) is 0 Å². The third kappa shape index (κ3) is 14.6. The first kappa shape index (κ1) is 56.8. The predicted molar refractivity (Wildman–Crippen MR) is 321 cm³/mol. The summed E-state index contributed by atoms with van der Waals surface area (Å²) in [6.45, 7) is 9.50. The molecule has 0 saturated heterocycles. The van der Waals surface area contributed by atoms with Gasteiger partial charge in [0.2, 0.25) is 0 Å². The van der Waals surface area contributed by atoms with Crippen molar-refractivity contribution in [2.75, 3.05) is 13.2 Å². The molecule has 0 aliphatic carbocycles. The largest absolute Gasteiger partial charge is 0.478 e. The van der Waals surface area contributed by atoms with Gasteiger partial charge in [0.15, 0.2) is 0 Å². The SMILES string of the molecule is CCOC(=O)c1cccc(-c2ccccc2Cn2ccc3cc(C(=O)N[C@@H](C)c4ccc(Br)cc4)ccc32)c1.CCOC(=O)c1cccc(-c2ccccc2Cn2ccc3cc(C(=O)O)ccc32)c1.C[C@H](N)c1ccc(Br)cc1. The zero-order chi connectivity index (χ0) is 56.0. The number of hydrogen-bond donors (Lipinski definition) is 3. The van der Waals surface area contributed by atoms with E-state index in [4.69, 9.17) is 15.2 Å². The fraction of sp³-hybridized carbons (Fsp3) is 0.152. The summed E-state index contributed by atoms with van der Waals surface area (Å²) >= 11 is 6.80. The van der Waals surface area contributed by atoms with Gasteiger partial charge in [0.05, 0.1) is 35.9 Å². The molecule has 8 aromatic carbocycles. The Kier molecular flexibility index (Phi) is 19.3. The number of nitrogens with two attached hydrogens (primary N) is 1. The highest BCUT2D eigenvalue weighted by Crippen LogP contribution is 2.30. The number of nitrogens with one attached hydrogen (secondary N) is 1. The smallest absolute Gasteiger partial charge is 0.338 e. The topological polar surface area (TPSA) is 155 Å². The van der Waals surface area contributed by atoms with E-state index in [1.54, 1.807) is 38.1 Å². The lowest BCUT2D eigenvalue weighted by Crippen LogP contribution is -2.26. The third-order valence-corrected chi connectivity index (χ3v) is 14.3. The maximum atomic E-state index is 13.0. The minimum atomic E-state index is -0.934. The molecular weight excluding hydrogens is 1120 g/mol. The number of fused-ring (bicyclic) bond motifs is 2. The molecule has 2 atom stereocenters. The zero-order valence-electron chi connectivity index (χ0n) is 44.2. The van der Waals surface area contributed by atoms with Crippen molar-refractivity contribution >= 4 is 77.5 Å². The van der Waals surface area contributed by atoms with Crippen LogP contribution in [0.4, 0.5) is 0 Å². The van der Waals surface area contributed by atoms with E-state index in [-0.39, 0.29) is 35.5 Å². The number of halogens is 2. The maximum Gasteiger partial charge on any atom is 0.338 e. The van der Waals surface area contributed by atoms with Crippen LogP contribution in [0.1, 0.15) is 103 Å². The van der Waals surface area contributed by atoms with Crippen molar-refractivity contribution in [2.24, 2.45) is 5.73 Å². The van der Waals surface area contributed by atoms with Gasteiger partial charge in [-0.15, -0.1) is 0 Å². The average molecular weight is 1180 g/mol. The number of rotatable bonds is 15. The van der Waals surface area contributed by atoms with E-state index in [2.05, 4.69) is 64.5 Å². The lowest BCUT2D eigenvalue weighted by Gasteiger charge is -2.15. The molecule has 10 aromatic rings. The highest BCUT2D eigenvalue weighted by Gasteiger charge is 2.16. The number of nitrogens with zero attached hydrogens (tertiary/aromatic N) is 2. The van der Waals surface area contributed by atoms with Crippen LogP contribution in [-0.2, 0) is 22.6 Å². The number of hydrogen-bond acceptors (Lipinski definition) is 7. The van der Waals surface area contributed by atoms with E-state index in [9.17, 15) is 24.3 Å². The lowest BCUT2D eigenvalue weighted by molar-refractivity contribution is 0.0517. The molecule has 13 heteroatoms. The van der Waals surface area contributed by atoms with E-state index in [0.717, 1.165) is 69.7 Å². The molecule has 4 N–H and O–H groups in total. The van der Waals surface area contributed by atoms with Gasteiger partial charge in [0, 0.05) is 67.8 Å². The lowest BCUT2D eigenvalue weighted by atomic mass is 9.98. The molecule has 0 saturated carbocycles. The summed E-state index contributed by atoms with van der Waals surface area (Å²) in [6, 6.07) is 62.2. The van der Waals surface area contributed by atoms with Gasteiger partial charge < -0.3 is 34.8 Å². The molecular formula is C66H60Br2N4O7. The van der Waals surface area contributed by atoms with Gasteiger partial charge in [-0.3, -0.25) is 4.79 Å². The van der Waals surface area contributed by atoms with Gasteiger partial charge in [0.1, 0.15) is 0 Å². The van der Waals surface area contributed by atoms with Crippen molar-refractivity contribution in [2.45, 2.75) is 52.9 Å². The summed E-state index contributed by atoms with van der Waals surface area (Å²) in [7, 11) is 0. The molecule has 11 nitrogen and oxygen atoms in total. The van der Waals surface area contributed by atoms with Gasteiger partial charge in [-0.1, -0.05) is 129 Å². The second-order valence-corrected chi connectivity index (χ2v) is 20.6. The molecule has 10 rings (SSSR count). The van der Waals surface area contributed by atoms with Crippen molar-refractivity contribution in [3.8, 4) is 22.3 Å². The fourth-order valence-electron chi connectivity index (χ4n) is 9.13. The van der Waals surface area contributed by atoms with Crippen LogP contribution in [0.3, 0.4) is 0 Å². The molecule has 0 radical (unpaired) electrons. The second-order valence-electron chi connectivity index (χ2n) is 18.7. The Hall–Kier alpha value is -8.36. The van der Waals surface area contributed by atoms with Crippen LogP contribution in [0.15, 0.2) is 215 Å². The van der Waals surface area contributed by atoms with Gasteiger partial charge in [-0.2, -0.15) is 0 Å². The first-order chi connectivity index (χ1) is 38.2. The Bertz CT molecular complexity index is 3750. The van der Waals surface area contributed by atoms with E-state index in [1.165, 1.54) is 5.56 Å². The molecule has 0 spiro atoms. The number of carbonyl (C=O) groups excluding carboxylic acids is 3. The van der Waals surface area contributed by atoms with Crippen molar-refractivity contribution in [3.63, 3.8) is 0 Å². The number of amides is 1. The minimum Gasteiger partial charge on any atom is -0.478 e. The molecule has 2 aromatic heterocycles. The van der Waals surface area contributed by atoms with Crippen molar-refractivity contribution < 1.29 is 33.8 Å². The first-order valence-electron chi connectivity index (χ1n) is 25.9. The van der Waals surface area contributed by atoms with Crippen LogP contribution in [0.2, 0.25) is 0 Å². The Morgan fingerprint density at radius 2 is 0.962 bits per heavy atom. The summed E-state index contributed by atoms with van der Waals surface area (Å²) in [4.78, 5) is 48.6. The standard InChI is InChI=1S/C33H29BrN2O3.C25H21NO4.C8H10BrN/c1-3-39-33(38)27-9-6-8-24(19-27)30-10-5-4-7-28(30)21-36-18-17-25-20-26(13-16-31(25)36)32(37)35-22(2)23-11-14-29(34)15-12-23;1-2-30-25(29)20-8-5-7-17(14-20)22-9-4-3-6-21(22)16-26-13-12-18-15-19(24(27)28)10-11-23(18)26;1-6(10)7-2-4-8(9)5-3-7/h4-20,22H,3,21H2,1-2H3,(H,35,37);3-15H,2,16H2,1H3,(H,27,28);2-6H,10H2,1H3/t22-;;6-/m0.0/s1. The van der Waals surface area contributed by atoms with Crippen LogP contribution in [-0.4, -0.2) is 51.3 Å². The number of ether oxygens (including phenoxy) is 2. The van der Waals surface area contributed by atoms with Gasteiger partial charge >= 0.3 is 17.9 Å². The highest BCUT2D eigenvalue weighted by atomic mass is 79.9. The van der Waals surface area contributed by atoms with Gasteiger partial charge in [-0.25, -0.2) is 14.4 Å². The van der Waals surface area contributed by atoms with Crippen molar-refractivity contribution in [1.82, 2.24) is 14.5 Å². The Morgan fingerprint density at radius 3 is 1.42 bits per heavy atom. The molecule has 1 amide bonds. The number of benzene rings is 8. The molecule has 0 fully saturated rings. The molecule has 0 unspecified atom stereocenters. The summed E-state index contributed by atoms with van der Waals surface area (Å²) in [6.07, 6.45) is 4.00. The number of esters is 2. The number of aromatic carboxylic acids is 1. The average Bonchev–Trinajstić information content (AvgIpc) is 4.07. The first-order valence-corrected chi connectivity index (χ1v) is 27.5. The minimum absolute atomic E-state index is 0.105. The van der Waals surface area contributed by atoms with E-state index < -0.39 is 5.97 Å². The van der Waals surface area contributed by atoms with Crippen LogP contribution in [0.5, 0.6) is 0 Å². The fourth-order valence-corrected chi connectivity index (χ4v) is 9.66. The Morgan fingerprint density at radius 1 is 0.519 bits per heavy atom. The van der Waals surface area contributed by atoms with E-state index >= 15 is 0 Å². The number of carboxylic acids is 1. The monoisotopic (exact) mass is 1180 g/mol. The van der Waals surface area contributed by atoms with Crippen LogP contribution < -0.4 is 11.1 Å². The predicted octanol–water partition coefficient (Wildman–Crippen LogP) is 15.5. The number of carboxylic acid groups (broad SMARTS) is 1. The second kappa shape index (κ2) is 26.8. The quantitative estimate of drug-likeness (QED) is 0.0857. The molecule has 0 aliphatic heterocycles. The summed E-state index contributed by atoms with van der Waals surface area (Å²) in [5.74, 6) is -1.69. The van der Waals surface area contributed by atoms with E-state index in [0.29, 0.717) is 43.0 Å².